The summed E-state index contributed by atoms with van der Waals surface area (Å²) in [5.74, 6) is 0.543. The molecule has 0 fully saturated rings. The van der Waals surface area contributed by atoms with E-state index >= 15 is 0 Å². The van der Waals surface area contributed by atoms with E-state index in [2.05, 4.69) is 4.99 Å². The summed E-state index contributed by atoms with van der Waals surface area (Å²) in [5.41, 5.74) is 1.78. The molecular formula is C20H21ClN2O3S. The molecule has 27 heavy (non-hydrogen) atoms. The summed E-state index contributed by atoms with van der Waals surface area (Å²) in [7, 11) is 1.64. The SMILES string of the molecule is CCOCCn1c(=NC(=O)Cc2ccccc2Cl)sc2cc(OC)ccc21. The van der Waals surface area contributed by atoms with Gasteiger partial charge in [-0.3, -0.25) is 4.79 Å². The van der Waals surface area contributed by atoms with Gasteiger partial charge in [-0.05, 0) is 36.8 Å². The van der Waals surface area contributed by atoms with Crippen molar-refractivity contribution < 1.29 is 14.3 Å². The van der Waals surface area contributed by atoms with Gasteiger partial charge in [-0.15, -0.1) is 0 Å². The van der Waals surface area contributed by atoms with Gasteiger partial charge in [0.2, 0.25) is 0 Å². The molecule has 3 aromatic rings. The van der Waals surface area contributed by atoms with Crippen LogP contribution < -0.4 is 9.54 Å². The number of thiazole rings is 1. The summed E-state index contributed by atoms with van der Waals surface area (Å²) in [6, 6.07) is 13.2. The minimum Gasteiger partial charge on any atom is -0.497 e. The maximum atomic E-state index is 12.5. The van der Waals surface area contributed by atoms with Crippen molar-refractivity contribution in [3.63, 3.8) is 0 Å². The van der Waals surface area contributed by atoms with Crippen LogP contribution in [0.25, 0.3) is 10.2 Å². The number of methoxy groups -OCH3 is 1. The predicted octanol–water partition coefficient (Wildman–Crippen LogP) is 4.07. The number of aromatic nitrogens is 1. The van der Waals surface area contributed by atoms with Gasteiger partial charge in [-0.25, -0.2) is 0 Å². The van der Waals surface area contributed by atoms with Gasteiger partial charge in [-0.2, -0.15) is 4.99 Å². The van der Waals surface area contributed by atoms with Crippen molar-refractivity contribution in [3.05, 3.63) is 57.9 Å². The van der Waals surface area contributed by atoms with Gasteiger partial charge < -0.3 is 14.0 Å². The number of hydrogen-bond donors (Lipinski definition) is 0. The molecule has 2 aromatic carbocycles. The third kappa shape index (κ3) is 4.77. The van der Waals surface area contributed by atoms with E-state index in [9.17, 15) is 4.79 Å². The molecule has 1 amide bonds. The van der Waals surface area contributed by atoms with E-state index in [1.807, 2.05) is 47.9 Å². The Morgan fingerprint density at radius 2 is 2.07 bits per heavy atom. The molecule has 0 saturated carbocycles. The molecule has 0 radical (unpaired) electrons. The summed E-state index contributed by atoms with van der Waals surface area (Å²) in [6.07, 6.45) is 0.169. The summed E-state index contributed by atoms with van der Waals surface area (Å²) in [5, 5.41) is 0.575. The van der Waals surface area contributed by atoms with Crippen LogP contribution in [-0.2, 0) is 22.5 Å². The fourth-order valence-electron chi connectivity index (χ4n) is 2.73. The zero-order valence-electron chi connectivity index (χ0n) is 15.3. The molecule has 0 bridgehead atoms. The molecule has 3 rings (SSSR count). The summed E-state index contributed by atoms with van der Waals surface area (Å²) in [4.78, 5) is 17.5. The first kappa shape index (κ1) is 19.6. The molecular weight excluding hydrogens is 384 g/mol. The molecule has 0 aliphatic carbocycles. The number of ether oxygens (including phenoxy) is 2. The normalized spacial score (nSPS) is 11.9. The van der Waals surface area contributed by atoms with Gasteiger partial charge in [0.15, 0.2) is 4.80 Å². The lowest BCUT2D eigenvalue weighted by Crippen LogP contribution is -2.20. The largest absolute Gasteiger partial charge is 0.497 e. The van der Waals surface area contributed by atoms with Crippen LogP contribution in [0.3, 0.4) is 0 Å². The minimum absolute atomic E-state index is 0.169. The number of carbonyl (C=O) groups is 1. The maximum absolute atomic E-state index is 12.5. The summed E-state index contributed by atoms with van der Waals surface area (Å²) >= 11 is 7.62. The Labute approximate surface area is 166 Å². The van der Waals surface area contributed by atoms with Crippen molar-refractivity contribution in [2.24, 2.45) is 4.99 Å². The third-order valence-corrected chi connectivity index (χ3v) is 5.48. The van der Waals surface area contributed by atoms with Gasteiger partial charge in [0.25, 0.3) is 5.91 Å². The topological polar surface area (TPSA) is 52.8 Å². The lowest BCUT2D eigenvalue weighted by molar-refractivity contribution is -0.117. The van der Waals surface area contributed by atoms with Crippen molar-refractivity contribution in [3.8, 4) is 5.75 Å². The highest BCUT2D eigenvalue weighted by atomic mass is 35.5. The first-order valence-electron chi connectivity index (χ1n) is 8.68. The molecule has 142 valence electrons. The fraction of sp³-hybridized carbons (Fsp3) is 0.300. The zero-order chi connectivity index (χ0) is 19.2. The van der Waals surface area contributed by atoms with Gasteiger partial charge in [0, 0.05) is 18.2 Å². The van der Waals surface area contributed by atoms with Gasteiger partial charge in [0.05, 0.1) is 30.4 Å². The Balaban J connectivity index is 1.97. The highest BCUT2D eigenvalue weighted by molar-refractivity contribution is 7.16. The molecule has 0 aliphatic rings. The van der Waals surface area contributed by atoms with Crippen LogP contribution in [0.1, 0.15) is 12.5 Å². The maximum Gasteiger partial charge on any atom is 0.252 e. The Morgan fingerprint density at radius 3 is 2.81 bits per heavy atom. The van der Waals surface area contributed by atoms with E-state index in [0.29, 0.717) is 29.6 Å². The zero-order valence-corrected chi connectivity index (χ0v) is 16.8. The van der Waals surface area contributed by atoms with Gasteiger partial charge >= 0.3 is 0 Å². The molecule has 0 atom stereocenters. The first-order valence-corrected chi connectivity index (χ1v) is 9.88. The van der Waals surface area contributed by atoms with Gasteiger partial charge in [-0.1, -0.05) is 41.1 Å². The summed E-state index contributed by atoms with van der Waals surface area (Å²) < 4.78 is 13.8. The second-order valence-corrected chi connectivity index (χ2v) is 7.26. The highest BCUT2D eigenvalue weighted by Crippen LogP contribution is 2.23. The molecule has 0 spiro atoms. The number of nitrogens with zero attached hydrogens (tertiary/aromatic N) is 2. The van der Waals surface area contributed by atoms with E-state index in [1.165, 1.54) is 11.3 Å². The monoisotopic (exact) mass is 404 g/mol. The van der Waals surface area contributed by atoms with Crippen molar-refractivity contribution in [2.75, 3.05) is 20.3 Å². The molecule has 7 heteroatoms. The molecule has 1 heterocycles. The molecule has 0 N–H and O–H groups in total. The number of carbonyl (C=O) groups excluding carboxylic acids is 1. The quantitative estimate of drug-likeness (QED) is 0.558. The number of rotatable bonds is 7. The van der Waals surface area contributed by atoms with Crippen molar-refractivity contribution in [1.82, 2.24) is 4.57 Å². The minimum atomic E-state index is -0.230. The van der Waals surface area contributed by atoms with Crippen LogP contribution in [0.2, 0.25) is 5.02 Å². The van der Waals surface area contributed by atoms with E-state index < -0.39 is 0 Å². The third-order valence-electron chi connectivity index (χ3n) is 4.07. The van der Waals surface area contributed by atoms with Crippen LogP contribution in [0.5, 0.6) is 5.75 Å². The lowest BCUT2D eigenvalue weighted by atomic mass is 10.1. The Hall–Kier alpha value is -2.15. The standard InChI is InChI=1S/C20H21ClN2O3S/c1-3-26-11-10-23-17-9-8-15(25-2)13-18(17)27-20(23)22-19(24)12-14-6-4-5-7-16(14)21/h4-9,13H,3,10-12H2,1-2H3. The number of fused-ring (bicyclic) bond motifs is 1. The Kier molecular flexibility index (Phi) is 6.66. The fourth-order valence-corrected chi connectivity index (χ4v) is 4.04. The number of benzene rings is 2. The van der Waals surface area contributed by atoms with Crippen molar-refractivity contribution in [1.29, 1.82) is 0 Å². The molecule has 0 unspecified atom stereocenters. The average Bonchev–Trinajstić information content (AvgIpc) is 3.00. The summed E-state index contributed by atoms with van der Waals surface area (Å²) in [6.45, 7) is 3.78. The number of halogens is 1. The molecule has 0 aliphatic heterocycles. The van der Waals surface area contributed by atoms with Crippen LogP contribution in [-0.4, -0.2) is 30.8 Å². The lowest BCUT2D eigenvalue weighted by Gasteiger charge is -2.06. The van der Waals surface area contributed by atoms with Crippen LogP contribution >= 0.6 is 22.9 Å². The highest BCUT2D eigenvalue weighted by Gasteiger charge is 2.10. The van der Waals surface area contributed by atoms with Gasteiger partial charge in [0.1, 0.15) is 5.75 Å². The number of amides is 1. The Morgan fingerprint density at radius 1 is 1.26 bits per heavy atom. The smallest absolute Gasteiger partial charge is 0.252 e. The van der Waals surface area contributed by atoms with Crippen LogP contribution in [0, 0.1) is 0 Å². The molecule has 0 saturated heterocycles. The predicted molar refractivity (Wildman–Crippen MR) is 109 cm³/mol. The molecule has 1 aromatic heterocycles. The van der Waals surface area contributed by atoms with E-state index in [0.717, 1.165) is 21.5 Å². The van der Waals surface area contributed by atoms with E-state index in [-0.39, 0.29) is 12.3 Å². The van der Waals surface area contributed by atoms with E-state index in [1.54, 1.807) is 13.2 Å². The van der Waals surface area contributed by atoms with E-state index in [4.69, 9.17) is 21.1 Å². The molecule has 5 nitrogen and oxygen atoms in total. The van der Waals surface area contributed by atoms with Crippen LogP contribution in [0.15, 0.2) is 47.5 Å². The first-order chi connectivity index (χ1) is 13.1. The van der Waals surface area contributed by atoms with Crippen LogP contribution in [0.4, 0.5) is 0 Å². The Bertz CT molecular complexity index is 1010. The average molecular weight is 405 g/mol. The second kappa shape index (κ2) is 9.17. The second-order valence-electron chi connectivity index (χ2n) is 5.84. The number of hydrogen-bond acceptors (Lipinski definition) is 4. The van der Waals surface area contributed by atoms with Crippen molar-refractivity contribution >= 4 is 39.1 Å². The van der Waals surface area contributed by atoms with Crippen molar-refractivity contribution in [2.45, 2.75) is 19.9 Å².